The lowest BCUT2D eigenvalue weighted by Gasteiger charge is -2.16. The molecule has 0 atom stereocenters. The fourth-order valence-corrected chi connectivity index (χ4v) is 4.14. The summed E-state index contributed by atoms with van der Waals surface area (Å²) < 4.78 is 5.20. The molecule has 4 rings (SSSR count). The number of rotatable bonds is 7. The molecule has 3 amide bonds. The third-order valence-electron chi connectivity index (χ3n) is 5.73. The Kier molecular flexibility index (Phi) is 7.64. The molecule has 2 N–H and O–H groups in total. The molecule has 0 radical (unpaired) electrons. The number of hydrogen-bond donors (Lipinski definition) is 2. The summed E-state index contributed by atoms with van der Waals surface area (Å²) in [7, 11) is 0. The fraction of sp³-hybridized carbons (Fsp3) is 0.172. The first-order valence-electron chi connectivity index (χ1n) is 11.9. The van der Waals surface area contributed by atoms with Crippen molar-refractivity contribution in [1.82, 2.24) is 0 Å². The van der Waals surface area contributed by atoms with Crippen molar-refractivity contribution >= 4 is 52.4 Å². The third-order valence-corrected chi connectivity index (χ3v) is 6.08. The lowest BCUT2D eigenvalue weighted by molar-refractivity contribution is -0.120. The van der Waals surface area contributed by atoms with E-state index in [9.17, 15) is 19.2 Å². The lowest BCUT2D eigenvalue weighted by atomic mass is 10.1. The van der Waals surface area contributed by atoms with Crippen LogP contribution in [0.5, 0.6) is 0 Å². The number of nitrogens with one attached hydrogen (secondary N) is 2. The number of halogens is 1. The van der Waals surface area contributed by atoms with Crippen LogP contribution in [0, 0.1) is 13.8 Å². The summed E-state index contributed by atoms with van der Waals surface area (Å²) in [6.45, 7) is 7.33. The molecule has 0 fully saturated rings. The molecule has 8 nitrogen and oxygen atoms in total. The third kappa shape index (κ3) is 5.60. The molecular formula is C29H26ClN3O5. The summed E-state index contributed by atoms with van der Waals surface area (Å²) in [6, 6.07) is 18.2. The molecule has 0 bridgehead atoms. The Morgan fingerprint density at radius 3 is 2.32 bits per heavy atom. The van der Waals surface area contributed by atoms with Crippen LogP contribution < -0.4 is 15.5 Å². The van der Waals surface area contributed by atoms with Crippen molar-refractivity contribution in [2.45, 2.75) is 33.8 Å². The van der Waals surface area contributed by atoms with Gasteiger partial charge in [-0.25, -0.2) is 9.69 Å². The topological polar surface area (TPSA) is 105 Å². The molecule has 194 valence electrons. The number of esters is 1. The molecular weight excluding hydrogens is 506 g/mol. The largest absolute Gasteiger partial charge is 0.459 e. The SMILES string of the molecule is Cc1ccc(NC(=O)c2cccc(NC3=C(Cl)C(=O)N(c4cccc(C(=O)OC(C)C)c4)C3=O)c2)c(C)c1. The van der Waals surface area contributed by atoms with Gasteiger partial charge >= 0.3 is 5.97 Å². The maximum absolute atomic E-state index is 13.2. The summed E-state index contributed by atoms with van der Waals surface area (Å²) in [5.74, 6) is -2.34. The van der Waals surface area contributed by atoms with Crippen molar-refractivity contribution in [3.05, 3.63) is 99.7 Å². The van der Waals surface area contributed by atoms with Gasteiger partial charge in [0.1, 0.15) is 10.7 Å². The highest BCUT2D eigenvalue weighted by molar-refractivity contribution is 6.53. The molecule has 1 heterocycles. The van der Waals surface area contributed by atoms with Gasteiger partial charge in [0.25, 0.3) is 17.7 Å². The molecule has 9 heteroatoms. The Labute approximate surface area is 225 Å². The number of carbonyl (C=O) groups is 4. The molecule has 1 aliphatic heterocycles. The van der Waals surface area contributed by atoms with E-state index < -0.39 is 17.8 Å². The van der Waals surface area contributed by atoms with E-state index in [1.165, 1.54) is 18.2 Å². The first-order chi connectivity index (χ1) is 18.0. The Morgan fingerprint density at radius 2 is 1.61 bits per heavy atom. The van der Waals surface area contributed by atoms with Gasteiger partial charge in [-0.3, -0.25) is 14.4 Å². The van der Waals surface area contributed by atoms with Crippen LogP contribution in [0.15, 0.2) is 77.5 Å². The normalized spacial score (nSPS) is 13.3. The van der Waals surface area contributed by atoms with Gasteiger partial charge in [0.05, 0.1) is 17.4 Å². The van der Waals surface area contributed by atoms with Crippen molar-refractivity contribution < 1.29 is 23.9 Å². The second-order valence-corrected chi connectivity index (χ2v) is 9.50. The van der Waals surface area contributed by atoms with Crippen molar-refractivity contribution in [2.75, 3.05) is 15.5 Å². The van der Waals surface area contributed by atoms with Crippen LogP contribution in [0.1, 0.15) is 45.7 Å². The summed E-state index contributed by atoms with van der Waals surface area (Å²) in [6.07, 6.45) is -0.327. The minimum absolute atomic E-state index is 0.140. The van der Waals surface area contributed by atoms with Gasteiger partial charge in [-0.05, 0) is 75.7 Å². The van der Waals surface area contributed by atoms with Crippen LogP contribution in [-0.2, 0) is 14.3 Å². The molecule has 3 aromatic carbocycles. The first kappa shape index (κ1) is 26.6. The van der Waals surface area contributed by atoms with E-state index in [1.807, 2.05) is 32.0 Å². The van der Waals surface area contributed by atoms with Crippen molar-refractivity contribution in [3.63, 3.8) is 0 Å². The molecule has 3 aromatic rings. The van der Waals surface area contributed by atoms with Gasteiger partial charge in [0, 0.05) is 16.9 Å². The number of ether oxygens (including phenoxy) is 1. The fourth-order valence-electron chi connectivity index (χ4n) is 3.93. The van der Waals surface area contributed by atoms with Crippen LogP contribution >= 0.6 is 11.6 Å². The Morgan fingerprint density at radius 1 is 0.895 bits per heavy atom. The standard InChI is InChI=1S/C29H26ClN3O5/c1-16(2)38-29(37)20-8-6-10-22(15-20)33-27(35)24(30)25(28(33)36)31-21-9-5-7-19(14-21)26(34)32-23-12-11-17(3)13-18(23)4/h5-16,31H,1-4H3,(H,32,34). The zero-order chi connectivity index (χ0) is 27.6. The van der Waals surface area contributed by atoms with E-state index in [0.717, 1.165) is 16.0 Å². The number of hydrogen-bond acceptors (Lipinski definition) is 6. The minimum Gasteiger partial charge on any atom is -0.459 e. The smallest absolute Gasteiger partial charge is 0.338 e. The number of nitrogens with zero attached hydrogens (tertiary/aromatic N) is 1. The van der Waals surface area contributed by atoms with E-state index in [4.69, 9.17) is 16.3 Å². The lowest BCUT2D eigenvalue weighted by Crippen LogP contribution is -2.32. The zero-order valence-electron chi connectivity index (χ0n) is 21.3. The highest BCUT2D eigenvalue weighted by Crippen LogP contribution is 2.31. The average molecular weight is 532 g/mol. The Balaban J connectivity index is 1.53. The molecule has 0 aromatic heterocycles. The van der Waals surface area contributed by atoms with Gasteiger partial charge in [0.15, 0.2) is 0 Å². The molecule has 0 saturated heterocycles. The number of anilines is 3. The van der Waals surface area contributed by atoms with E-state index in [0.29, 0.717) is 16.9 Å². The number of carbonyl (C=O) groups excluding carboxylic acids is 4. The molecule has 38 heavy (non-hydrogen) atoms. The zero-order valence-corrected chi connectivity index (χ0v) is 22.1. The number of aryl methyl sites for hydroxylation is 2. The molecule has 0 unspecified atom stereocenters. The summed E-state index contributed by atoms with van der Waals surface area (Å²) >= 11 is 6.26. The van der Waals surface area contributed by atoms with Crippen LogP contribution in [0.2, 0.25) is 0 Å². The van der Waals surface area contributed by atoms with Crippen LogP contribution in [0.3, 0.4) is 0 Å². The van der Waals surface area contributed by atoms with Crippen molar-refractivity contribution in [1.29, 1.82) is 0 Å². The predicted molar refractivity (Wildman–Crippen MR) is 146 cm³/mol. The number of imide groups is 1. The highest BCUT2D eigenvalue weighted by atomic mass is 35.5. The predicted octanol–water partition coefficient (Wildman–Crippen LogP) is 5.56. The first-order valence-corrected chi connectivity index (χ1v) is 12.3. The van der Waals surface area contributed by atoms with E-state index in [2.05, 4.69) is 10.6 Å². The molecule has 0 aliphatic carbocycles. The number of benzene rings is 3. The Bertz CT molecular complexity index is 1500. The number of amides is 3. The van der Waals surface area contributed by atoms with E-state index >= 15 is 0 Å². The van der Waals surface area contributed by atoms with Gasteiger partial charge in [-0.2, -0.15) is 0 Å². The quantitative estimate of drug-likeness (QED) is 0.305. The maximum atomic E-state index is 13.2. The maximum Gasteiger partial charge on any atom is 0.338 e. The monoisotopic (exact) mass is 531 g/mol. The second-order valence-electron chi connectivity index (χ2n) is 9.12. The van der Waals surface area contributed by atoms with Gasteiger partial charge < -0.3 is 15.4 Å². The van der Waals surface area contributed by atoms with Gasteiger partial charge in [0.2, 0.25) is 0 Å². The van der Waals surface area contributed by atoms with Crippen molar-refractivity contribution in [3.8, 4) is 0 Å². The van der Waals surface area contributed by atoms with Crippen LogP contribution in [0.4, 0.5) is 17.1 Å². The summed E-state index contributed by atoms with van der Waals surface area (Å²) in [4.78, 5) is 52.2. The molecule has 0 spiro atoms. The van der Waals surface area contributed by atoms with Crippen LogP contribution in [0.25, 0.3) is 0 Å². The molecule has 0 saturated carbocycles. The van der Waals surface area contributed by atoms with E-state index in [1.54, 1.807) is 44.2 Å². The average Bonchev–Trinajstić information content (AvgIpc) is 3.08. The summed E-state index contributed by atoms with van der Waals surface area (Å²) in [5.41, 5.74) is 3.67. The highest BCUT2D eigenvalue weighted by Gasteiger charge is 2.39. The molecule has 1 aliphatic rings. The van der Waals surface area contributed by atoms with Crippen molar-refractivity contribution in [2.24, 2.45) is 0 Å². The van der Waals surface area contributed by atoms with Gasteiger partial charge in [-0.1, -0.05) is 41.4 Å². The van der Waals surface area contributed by atoms with E-state index in [-0.39, 0.29) is 34.0 Å². The van der Waals surface area contributed by atoms with Crippen LogP contribution in [-0.4, -0.2) is 29.8 Å². The summed E-state index contributed by atoms with van der Waals surface area (Å²) in [5, 5.41) is 5.45. The Hall–Kier alpha value is -4.43. The minimum atomic E-state index is -0.739. The van der Waals surface area contributed by atoms with Gasteiger partial charge in [-0.15, -0.1) is 0 Å². The second kappa shape index (κ2) is 10.9.